The van der Waals surface area contributed by atoms with Crippen LogP contribution < -0.4 is 10.1 Å². The molecule has 0 spiro atoms. The van der Waals surface area contributed by atoms with Gasteiger partial charge in [0.05, 0.1) is 12.0 Å². The Morgan fingerprint density at radius 1 is 1.16 bits per heavy atom. The lowest BCUT2D eigenvalue weighted by Crippen LogP contribution is -2.32. The summed E-state index contributed by atoms with van der Waals surface area (Å²) < 4.78 is 33.2. The zero-order valence-electron chi connectivity index (χ0n) is 18.2. The maximum absolute atomic E-state index is 13.2. The van der Waals surface area contributed by atoms with Crippen LogP contribution in [0, 0.1) is 6.92 Å². The van der Waals surface area contributed by atoms with E-state index in [0.29, 0.717) is 17.1 Å². The minimum atomic E-state index is -3.66. The lowest BCUT2D eigenvalue weighted by Gasteiger charge is -2.20. The van der Waals surface area contributed by atoms with Crippen LogP contribution in [0.5, 0.6) is 5.75 Å². The van der Waals surface area contributed by atoms with Crippen molar-refractivity contribution in [1.29, 1.82) is 0 Å². The van der Waals surface area contributed by atoms with E-state index in [-0.39, 0.29) is 10.5 Å². The molecule has 31 heavy (non-hydrogen) atoms. The number of hydrogen-bond donors (Lipinski definition) is 1. The molecular weight excluding hydrogens is 416 g/mol. The van der Waals surface area contributed by atoms with E-state index < -0.39 is 22.0 Å². The highest BCUT2D eigenvalue weighted by Gasteiger charge is 2.24. The van der Waals surface area contributed by atoms with Gasteiger partial charge < -0.3 is 14.6 Å². The summed E-state index contributed by atoms with van der Waals surface area (Å²) in [6, 6.07) is 11.3. The van der Waals surface area contributed by atoms with Crippen molar-refractivity contribution in [3.05, 3.63) is 77.4 Å². The number of ether oxygens (including phenoxy) is 1. The van der Waals surface area contributed by atoms with Gasteiger partial charge in [0.1, 0.15) is 17.6 Å². The second-order valence-electron chi connectivity index (χ2n) is 7.34. The molecular formula is C22H26N4O4S. The Bertz CT molecular complexity index is 1180. The van der Waals surface area contributed by atoms with Gasteiger partial charge in [-0.3, -0.25) is 4.79 Å². The summed E-state index contributed by atoms with van der Waals surface area (Å²) in [7, 11) is 2.68. The molecule has 0 radical (unpaired) electrons. The van der Waals surface area contributed by atoms with E-state index in [1.165, 1.54) is 26.2 Å². The molecule has 0 bridgehead atoms. The molecule has 8 nitrogen and oxygen atoms in total. The van der Waals surface area contributed by atoms with Crippen LogP contribution in [-0.2, 0) is 17.1 Å². The van der Waals surface area contributed by atoms with Gasteiger partial charge in [0.25, 0.3) is 5.91 Å². The number of nitrogens with zero attached hydrogens (tertiary/aromatic N) is 3. The highest BCUT2D eigenvalue weighted by molar-refractivity contribution is 7.89. The predicted octanol–water partition coefficient (Wildman–Crippen LogP) is 2.51. The Labute approximate surface area is 182 Å². The van der Waals surface area contributed by atoms with E-state index in [1.54, 1.807) is 32.5 Å². The molecule has 3 aromatic rings. The third-order valence-electron chi connectivity index (χ3n) is 5.07. The SMILES string of the molecule is COc1ccc([C@@H](NC(=O)c2cc(S(=O)(=O)N(C)C)ccc2C)c2nccn2C)cc1. The highest BCUT2D eigenvalue weighted by atomic mass is 32.2. The fourth-order valence-electron chi connectivity index (χ4n) is 3.17. The van der Waals surface area contributed by atoms with Gasteiger partial charge >= 0.3 is 0 Å². The first kappa shape index (κ1) is 22.5. The number of hydrogen-bond acceptors (Lipinski definition) is 5. The molecule has 1 aromatic heterocycles. The van der Waals surface area contributed by atoms with Crippen molar-refractivity contribution >= 4 is 15.9 Å². The average Bonchev–Trinajstić information content (AvgIpc) is 3.17. The van der Waals surface area contributed by atoms with Gasteiger partial charge in [0, 0.05) is 39.1 Å². The number of methoxy groups -OCH3 is 1. The summed E-state index contributed by atoms with van der Waals surface area (Å²) in [6.07, 6.45) is 3.46. The molecule has 3 rings (SSSR count). The van der Waals surface area contributed by atoms with Gasteiger partial charge in [-0.2, -0.15) is 0 Å². The van der Waals surface area contributed by atoms with E-state index in [9.17, 15) is 13.2 Å². The maximum atomic E-state index is 13.2. The van der Waals surface area contributed by atoms with Crippen LogP contribution in [-0.4, -0.2) is 49.4 Å². The molecule has 0 saturated heterocycles. The zero-order valence-corrected chi connectivity index (χ0v) is 19.0. The third-order valence-corrected chi connectivity index (χ3v) is 6.88. The first-order valence-electron chi connectivity index (χ1n) is 9.60. The molecule has 2 aromatic carbocycles. The summed E-state index contributed by atoms with van der Waals surface area (Å²) in [6.45, 7) is 1.77. The number of sulfonamides is 1. The van der Waals surface area contributed by atoms with Crippen molar-refractivity contribution in [2.24, 2.45) is 7.05 Å². The Balaban J connectivity index is 2.00. The number of aryl methyl sites for hydroxylation is 2. The van der Waals surface area contributed by atoms with Crippen LogP contribution in [0.4, 0.5) is 0 Å². The molecule has 1 amide bonds. The second-order valence-corrected chi connectivity index (χ2v) is 9.49. The van der Waals surface area contributed by atoms with Gasteiger partial charge in [-0.05, 0) is 42.3 Å². The first-order chi connectivity index (χ1) is 14.6. The Hall–Kier alpha value is -3.17. The molecule has 0 aliphatic carbocycles. The van der Waals surface area contributed by atoms with Crippen LogP contribution in [0.15, 0.2) is 59.8 Å². The molecule has 0 aliphatic heterocycles. The van der Waals surface area contributed by atoms with Crippen LogP contribution in [0.1, 0.15) is 33.4 Å². The Morgan fingerprint density at radius 3 is 2.39 bits per heavy atom. The van der Waals surface area contributed by atoms with Crippen LogP contribution in [0.3, 0.4) is 0 Å². The number of amides is 1. The van der Waals surface area contributed by atoms with Crippen molar-refractivity contribution in [2.45, 2.75) is 17.9 Å². The van der Waals surface area contributed by atoms with Crippen molar-refractivity contribution in [2.75, 3.05) is 21.2 Å². The first-order valence-corrected chi connectivity index (χ1v) is 11.0. The van der Waals surface area contributed by atoms with E-state index in [2.05, 4.69) is 10.3 Å². The number of aromatic nitrogens is 2. The lowest BCUT2D eigenvalue weighted by molar-refractivity contribution is 0.0940. The number of rotatable bonds is 7. The fourth-order valence-corrected chi connectivity index (χ4v) is 4.10. The van der Waals surface area contributed by atoms with Gasteiger partial charge in [-0.15, -0.1) is 0 Å². The standard InChI is InChI=1S/C22H26N4O4S/c1-15-6-11-18(31(28,29)25(2)3)14-19(15)22(27)24-20(21-23-12-13-26(21)4)16-7-9-17(30-5)10-8-16/h6-14,20H,1-5H3,(H,24,27)/t20-/m1/s1. The average molecular weight is 443 g/mol. The summed E-state index contributed by atoms with van der Waals surface area (Å²) in [4.78, 5) is 17.7. The molecule has 9 heteroatoms. The van der Waals surface area contributed by atoms with Gasteiger partial charge in [-0.25, -0.2) is 17.7 Å². The quantitative estimate of drug-likeness (QED) is 0.607. The number of imidazole rings is 1. The number of carbonyl (C=O) groups is 1. The Kier molecular flexibility index (Phi) is 6.47. The monoisotopic (exact) mass is 442 g/mol. The zero-order chi connectivity index (χ0) is 22.8. The number of nitrogens with one attached hydrogen (secondary N) is 1. The van der Waals surface area contributed by atoms with E-state index in [1.807, 2.05) is 35.9 Å². The highest BCUT2D eigenvalue weighted by Crippen LogP contribution is 2.25. The summed E-state index contributed by atoms with van der Waals surface area (Å²) in [5.74, 6) is 0.955. The Morgan fingerprint density at radius 2 is 1.84 bits per heavy atom. The van der Waals surface area contributed by atoms with Crippen LogP contribution >= 0.6 is 0 Å². The largest absolute Gasteiger partial charge is 0.497 e. The fraction of sp³-hybridized carbons (Fsp3) is 0.273. The van der Waals surface area contributed by atoms with Crippen molar-refractivity contribution in [1.82, 2.24) is 19.2 Å². The van der Waals surface area contributed by atoms with Crippen molar-refractivity contribution in [3.63, 3.8) is 0 Å². The van der Waals surface area contributed by atoms with E-state index >= 15 is 0 Å². The van der Waals surface area contributed by atoms with Gasteiger partial charge in [0.2, 0.25) is 10.0 Å². The molecule has 0 fully saturated rings. The summed E-state index contributed by atoms with van der Waals surface area (Å²) >= 11 is 0. The number of benzene rings is 2. The second kappa shape index (κ2) is 8.91. The maximum Gasteiger partial charge on any atom is 0.252 e. The molecule has 0 unspecified atom stereocenters. The molecule has 0 aliphatic rings. The third kappa shape index (κ3) is 4.62. The van der Waals surface area contributed by atoms with E-state index in [4.69, 9.17) is 4.74 Å². The summed E-state index contributed by atoms with van der Waals surface area (Å²) in [5.41, 5.74) is 1.78. The minimum Gasteiger partial charge on any atom is -0.497 e. The van der Waals surface area contributed by atoms with Crippen LogP contribution in [0.2, 0.25) is 0 Å². The van der Waals surface area contributed by atoms with E-state index in [0.717, 1.165) is 9.87 Å². The molecule has 0 saturated carbocycles. The normalized spacial score (nSPS) is 12.6. The molecule has 1 atom stereocenters. The molecule has 1 heterocycles. The van der Waals surface area contributed by atoms with Gasteiger partial charge in [-0.1, -0.05) is 18.2 Å². The minimum absolute atomic E-state index is 0.0613. The van der Waals surface area contributed by atoms with Gasteiger partial charge in [0.15, 0.2) is 0 Å². The lowest BCUT2D eigenvalue weighted by atomic mass is 10.0. The summed E-state index contributed by atoms with van der Waals surface area (Å²) in [5, 5.41) is 3.01. The van der Waals surface area contributed by atoms with Crippen molar-refractivity contribution in [3.8, 4) is 5.75 Å². The topological polar surface area (TPSA) is 93.5 Å². The predicted molar refractivity (Wildman–Crippen MR) is 118 cm³/mol. The molecule has 164 valence electrons. The smallest absolute Gasteiger partial charge is 0.252 e. The van der Waals surface area contributed by atoms with Crippen molar-refractivity contribution < 1.29 is 17.9 Å². The molecule has 1 N–H and O–H groups in total. The number of carbonyl (C=O) groups excluding carboxylic acids is 1. The van der Waals surface area contributed by atoms with Crippen LogP contribution in [0.25, 0.3) is 0 Å².